The fraction of sp³-hybridized carbons (Fsp3) is 0.926. The van der Waals surface area contributed by atoms with Crippen molar-refractivity contribution >= 4 is 23.6 Å². The molecule has 8 aliphatic heterocycles. The van der Waals surface area contributed by atoms with Crippen molar-refractivity contribution in [2.75, 3.05) is 107 Å². The second kappa shape index (κ2) is 26.7. The van der Waals surface area contributed by atoms with Crippen LogP contribution in [-0.2, 0) is 38.1 Å². The molecular weight excluding hydrogens is 889 g/mol. The minimum Gasteiger partial charge on any atom is -0.376 e. The van der Waals surface area contributed by atoms with Gasteiger partial charge in [-0.25, -0.2) is 0 Å². The third-order valence-electron chi connectivity index (χ3n) is 15.9. The zero-order chi connectivity index (χ0) is 51.3. The molecule has 8 fully saturated rings. The molecule has 0 aromatic carbocycles. The van der Waals surface area contributed by atoms with Gasteiger partial charge in [0.25, 0.3) is 0 Å². The van der Waals surface area contributed by atoms with Crippen LogP contribution < -0.4 is 21.3 Å². The van der Waals surface area contributed by atoms with Crippen LogP contribution in [0.4, 0.5) is 0 Å². The second-order valence-corrected chi connectivity index (χ2v) is 24.9. The van der Waals surface area contributed by atoms with E-state index in [1.165, 1.54) is 6.42 Å². The third kappa shape index (κ3) is 18.5. The molecule has 0 aromatic heterocycles. The number of ether oxygens (including phenoxy) is 4. The van der Waals surface area contributed by atoms with Crippen molar-refractivity contribution in [1.82, 2.24) is 40.9 Å². The van der Waals surface area contributed by atoms with Crippen LogP contribution in [-0.4, -0.2) is 199 Å². The van der Waals surface area contributed by atoms with Crippen LogP contribution in [0.3, 0.4) is 0 Å². The van der Waals surface area contributed by atoms with E-state index in [1.807, 2.05) is 47.8 Å². The average molecular weight is 989 g/mol. The lowest BCUT2D eigenvalue weighted by Gasteiger charge is -2.36. The summed E-state index contributed by atoms with van der Waals surface area (Å²) in [7, 11) is 7.51. The predicted molar refractivity (Wildman–Crippen MR) is 276 cm³/mol. The third-order valence-corrected chi connectivity index (χ3v) is 15.9. The van der Waals surface area contributed by atoms with Gasteiger partial charge in [0.05, 0.1) is 55.2 Å². The molecule has 8 unspecified atom stereocenters. The topological polar surface area (TPSA) is 170 Å². The number of nitrogens with one attached hydrogen (secondary N) is 4. The first kappa shape index (κ1) is 58.4. The summed E-state index contributed by atoms with van der Waals surface area (Å²) in [4.78, 5) is 57.6. The van der Waals surface area contributed by atoms with Gasteiger partial charge in [0.2, 0.25) is 23.6 Å². The molecule has 8 saturated heterocycles. The quantitative estimate of drug-likeness (QED) is 0.197. The molecule has 8 atom stereocenters. The van der Waals surface area contributed by atoms with E-state index >= 15 is 0 Å². The van der Waals surface area contributed by atoms with E-state index in [0.717, 1.165) is 162 Å². The van der Waals surface area contributed by atoms with Gasteiger partial charge in [-0.1, -0.05) is 55.4 Å². The van der Waals surface area contributed by atoms with Gasteiger partial charge in [-0.3, -0.25) is 19.2 Å². The highest BCUT2D eigenvalue weighted by atomic mass is 16.6. The Morgan fingerprint density at radius 2 is 0.657 bits per heavy atom. The summed E-state index contributed by atoms with van der Waals surface area (Å²) in [6.45, 7) is 27.8. The molecule has 8 rings (SSSR count). The largest absolute Gasteiger partial charge is 0.376 e. The van der Waals surface area contributed by atoms with Crippen molar-refractivity contribution in [3.63, 3.8) is 0 Å². The summed E-state index contributed by atoms with van der Waals surface area (Å²) < 4.78 is 22.1. The van der Waals surface area contributed by atoms with Crippen LogP contribution in [0.5, 0.6) is 0 Å². The Labute approximate surface area is 423 Å². The Morgan fingerprint density at radius 1 is 0.386 bits per heavy atom. The molecule has 8 aliphatic rings. The number of carbonyl (C=O) groups is 4. The van der Waals surface area contributed by atoms with E-state index < -0.39 is 0 Å². The van der Waals surface area contributed by atoms with Gasteiger partial charge in [-0.2, -0.15) is 0 Å². The fourth-order valence-electron chi connectivity index (χ4n) is 11.2. The van der Waals surface area contributed by atoms with Crippen molar-refractivity contribution in [3.05, 3.63) is 0 Å². The molecule has 0 saturated carbocycles. The normalized spacial score (nSPS) is 32.9. The van der Waals surface area contributed by atoms with Crippen molar-refractivity contribution in [2.45, 2.75) is 194 Å². The van der Waals surface area contributed by atoms with Gasteiger partial charge in [0.1, 0.15) is 0 Å². The lowest BCUT2D eigenvalue weighted by atomic mass is 9.87. The SMILES string of the molecule is CNC1CCC(C)(C)CN(CC2CCCCO2)C1=O.CNC1CCC(C)(C)CN(CC2CCCO2)C1=O.CNC1CCC(C)(C)CN(CC2CCO2)C1=O.CNC1CCC(C)(C)CN(CC2CO2)C1=O. The number of carbonyl (C=O) groups excluding carboxylic acids is 4. The zero-order valence-corrected chi connectivity index (χ0v) is 46.1. The molecule has 404 valence electrons. The van der Waals surface area contributed by atoms with Crippen molar-refractivity contribution in [3.8, 4) is 0 Å². The lowest BCUT2D eigenvalue weighted by Crippen LogP contribution is -2.50. The van der Waals surface area contributed by atoms with Crippen molar-refractivity contribution in [2.24, 2.45) is 21.7 Å². The van der Waals surface area contributed by atoms with Gasteiger partial charge in [0, 0.05) is 72.2 Å². The van der Waals surface area contributed by atoms with E-state index in [9.17, 15) is 19.2 Å². The number of epoxide rings is 1. The summed E-state index contributed by atoms with van der Waals surface area (Å²) >= 11 is 0. The highest BCUT2D eigenvalue weighted by Gasteiger charge is 2.40. The zero-order valence-electron chi connectivity index (χ0n) is 46.1. The summed E-state index contributed by atoms with van der Waals surface area (Å²) in [5.74, 6) is 0.984. The van der Waals surface area contributed by atoms with Gasteiger partial charge in [-0.05, 0) is 140 Å². The Morgan fingerprint density at radius 3 is 0.886 bits per heavy atom. The number of nitrogens with zero attached hydrogens (tertiary/aromatic N) is 4. The number of likely N-dealkylation sites (N-methyl/N-ethyl adjacent to an activating group) is 4. The monoisotopic (exact) mass is 989 g/mol. The number of likely N-dealkylation sites (tertiary alicyclic amines) is 4. The van der Waals surface area contributed by atoms with Crippen molar-refractivity contribution in [1.29, 1.82) is 0 Å². The predicted octanol–water partition coefficient (Wildman–Crippen LogP) is 4.83. The Hall–Kier alpha value is -2.44. The lowest BCUT2D eigenvalue weighted by molar-refractivity contribution is -0.139. The van der Waals surface area contributed by atoms with Gasteiger partial charge >= 0.3 is 0 Å². The molecule has 0 bridgehead atoms. The standard InChI is InChI=1S/C15H28N2O2.C14H26N2O2.C13H24N2O2.C12H22N2O2/c1-15(2)8-7-13(16-3)14(18)17(11-15)10-12-6-4-5-9-19-12;1-14(2)7-6-12(15-3)13(17)16(10-14)9-11-5-4-8-18-11;1-13(2)6-4-11(14-3)12(16)15(9-13)8-10-5-7-17-10;1-12(2)5-4-10(13-3)11(15)14(8-12)6-9-7-16-9/h12-13,16H,4-11H2,1-3H3;11-12,15H,4-10H2,1-3H3;10-11,14H,4-9H2,1-3H3;9-10,13H,4-8H2,1-3H3. The van der Waals surface area contributed by atoms with Crippen LogP contribution in [0, 0.1) is 21.7 Å². The van der Waals surface area contributed by atoms with E-state index in [1.54, 1.807) is 0 Å². The molecule has 4 amide bonds. The molecule has 0 aliphatic carbocycles. The van der Waals surface area contributed by atoms with E-state index in [0.29, 0.717) is 0 Å². The molecule has 16 nitrogen and oxygen atoms in total. The second-order valence-electron chi connectivity index (χ2n) is 24.9. The molecule has 0 spiro atoms. The first-order valence-corrected chi connectivity index (χ1v) is 27.4. The molecule has 4 N–H and O–H groups in total. The first-order chi connectivity index (χ1) is 33.1. The van der Waals surface area contributed by atoms with E-state index in [2.05, 4.69) is 76.7 Å². The molecule has 70 heavy (non-hydrogen) atoms. The molecule has 8 heterocycles. The summed E-state index contributed by atoms with van der Waals surface area (Å²) in [5.41, 5.74) is 0.844. The van der Waals surface area contributed by atoms with E-state index in [4.69, 9.17) is 18.9 Å². The molecule has 0 aromatic rings. The van der Waals surface area contributed by atoms with Gasteiger partial charge in [-0.15, -0.1) is 0 Å². The summed E-state index contributed by atoms with van der Waals surface area (Å²) in [6.07, 6.45) is 15.9. The first-order valence-electron chi connectivity index (χ1n) is 27.4. The summed E-state index contributed by atoms with van der Waals surface area (Å²) in [6, 6.07) is -0.0732. The fourth-order valence-corrected chi connectivity index (χ4v) is 11.2. The minimum absolute atomic E-state index is 0.0134. The van der Waals surface area contributed by atoms with Crippen molar-refractivity contribution < 1.29 is 38.1 Å². The molecule has 0 radical (unpaired) electrons. The minimum atomic E-state index is -0.0228. The number of hydrogen-bond donors (Lipinski definition) is 4. The maximum absolute atomic E-state index is 12.5. The highest BCUT2D eigenvalue weighted by molar-refractivity contribution is 5.83. The Balaban J connectivity index is 0.000000174. The number of hydrogen-bond acceptors (Lipinski definition) is 12. The van der Waals surface area contributed by atoms with Crippen LogP contribution in [0.2, 0.25) is 0 Å². The van der Waals surface area contributed by atoms with Crippen LogP contribution in [0.15, 0.2) is 0 Å². The van der Waals surface area contributed by atoms with Crippen LogP contribution in [0.25, 0.3) is 0 Å². The maximum Gasteiger partial charge on any atom is 0.239 e. The van der Waals surface area contributed by atoms with Crippen LogP contribution >= 0.6 is 0 Å². The molecular formula is C54H100N8O8. The summed E-state index contributed by atoms with van der Waals surface area (Å²) in [5, 5.41) is 12.6. The Kier molecular flexibility index (Phi) is 22.3. The van der Waals surface area contributed by atoms with Crippen LogP contribution in [0.1, 0.15) is 145 Å². The van der Waals surface area contributed by atoms with Gasteiger partial charge < -0.3 is 59.8 Å². The number of amides is 4. The number of rotatable bonds is 12. The average Bonchev–Trinajstić information content (AvgIpc) is 4.04. The maximum atomic E-state index is 12.5. The van der Waals surface area contributed by atoms with Gasteiger partial charge in [0.15, 0.2) is 0 Å². The smallest absolute Gasteiger partial charge is 0.239 e. The Bertz CT molecular complexity index is 1640. The van der Waals surface area contributed by atoms with E-state index in [-0.39, 0.29) is 93.9 Å². The molecule has 16 heteroatoms. The highest BCUT2D eigenvalue weighted by Crippen LogP contribution is 2.33.